The first-order chi connectivity index (χ1) is 16.0. The fourth-order valence-corrected chi connectivity index (χ4v) is 4.53. The monoisotopic (exact) mass is 466 g/mol. The van der Waals surface area contributed by atoms with Gasteiger partial charge >= 0.3 is 12.1 Å². The van der Waals surface area contributed by atoms with E-state index >= 15 is 0 Å². The van der Waals surface area contributed by atoms with Crippen LogP contribution in [-0.4, -0.2) is 52.2 Å². The summed E-state index contributed by atoms with van der Waals surface area (Å²) in [6.07, 6.45) is -0.0822. The van der Waals surface area contributed by atoms with Crippen molar-refractivity contribution in [3.8, 4) is 11.1 Å². The number of amides is 2. The molecule has 2 aromatic rings. The van der Waals surface area contributed by atoms with Crippen molar-refractivity contribution in [2.75, 3.05) is 13.2 Å². The zero-order valence-corrected chi connectivity index (χ0v) is 20.6. The third-order valence-electron chi connectivity index (χ3n) is 6.56. The van der Waals surface area contributed by atoms with Gasteiger partial charge in [0.05, 0.1) is 0 Å². The number of benzene rings is 2. The largest absolute Gasteiger partial charge is 0.480 e. The van der Waals surface area contributed by atoms with Crippen LogP contribution in [0.3, 0.4) is 0 Å². The molecule has 0 aromatic heterocycles. The number of alkyl carbamates (subject to hydrolysis) is 1. The lowest BCUT2D eigenvalue weighted by atomic mass is 9.96. The molecule has 0 saturated carbocycles. The molecule has 3 rings (SSSR count). The molecule has 2 amide bonds. The maximum atomic E-state index is 12.7. The molecule has 34 heavy (non-hydrogen) atoms. The SMILES string of the molecule is CCN(C(=O)CCC(C)(C)NC(=O)OCC1c2ccccc2-c2ccccc21)C(C)(C)C(=O)O. The van der Waals surface area contributed by atoms with E-state index < -0.39 is 23.1 Å². The maximum absolute atomic E-state index is 12.7. The molecule has 2 N–H and O–H groups in total. The second-order valence-corrected chi connectivity index (χ2v) is 9.84. The van der Waals surface area contributed by atoms with E-state index in [1.165, 1.54) is 18.7 Å². The van der Waals surface area contributed by atoms with Gasteiger partial charge in [-0.15, -0.1) is 0 Å². The van der Waals surface area contributed by atoms with Crippen LogP contribution in [-0.2, 0) is 14.3 Å². The van der Waals surface area contributed by atoms with E-state index in [1.54, 1.807) is 6.92 Å². The molecule has 0 fully saturated rings. The number of hydrogen-bond donors (Lipinski definition) is 2. The molecule has 0 aliphatic heterocycles. The van der Waals surface area contributed by atoms with Crippen molar-refractivity contribution < 1.29 is 24.2 Å². The highest BCUT2D eigenvalue weighted by molar-refractivity contribution is 5.86. The Hall–Kier alpha value is -3.35. The number of nitrogens with zero attached hydrogens (tertiary/aromatic N) is 1. The lowest BCUT2D eigenvalue weighted by Crippen LogP contribution is -2.53. The van der Waals surface area contributed by atoms with Crippen molar-refractivity contribution >= 4 is 18.0 Å². The molecule has 7 nitrogen and oxygen atoms in total. The first-order valence-electron chi connectivity index (χ1n) is 11.6. The van der Waals surface area contributed by atoms with Gasteiger partial charge in [0.15, 0.2) is 0 Å². The van der Waals surface area contributed by atoms with E-state index in [2.05, 4.69) is 29.6 Å². The minimum absolute atomic E-state index is 0.0285. The van der Waals surface area contributed by atoms with Crippen molar-refractivity contribution in [3.63, 3.8) is 0 Å². The Morgan fingerprint density at radius 2 is 1.50 bits per heavy atom. The number of rotatable bonds is 9. The van der Waals surface area contributed by atoms with Crippen LogP contribution < -0.4 is 5.32 Å². The van der Waals surface area contributed by atoms with E-state index in [0.717, 1.165) is 22.3 Å². The first-order valence-corrected chi connectivity index (χ1v) is 11.6. The number of carbonyl (C=O) groups is 3. The number of fused-ring (bicyclic) bond motifs is 3. The Balaban J connectivity index is 1.58. The van der Waals surface area contributed by atoms with Crippen molar-refractivity contribution in [2.24, 2.45) is 0 Å². The topological polar surface area (TPSA) is 95.9 Å². The van der Waals surface area contributed by atoms with Gasteiger partial charge in [-0.3, -0.25) is 4.79 Å². The molecule has 182 valence electrons. The molecule has 7 heteroatoms. The van der Waals surface area contributed by atoms with Gasteiger partial charge in [-0.1, -0.05) is 48.5 Å². The van der Waals surface area contributed by atoms with Crippen LogP contribution in [0, 0.1) is 0 Å². The summed E-state index contributed by atoms with van der Waals surface area (Å²) in [6.45, 7) is 8.92. The van der Waals surface area contributed by atoms with Crippen LogP contribution >= 0.6 is 0 Å². The Kier molecular flexibility index (Phi) is 7.34. The second-order valence-electron chi connectivity index (χ2n) is 9.84. The zero-order valence-electron chi connectivity index (χ0n) is 20.6. The molecule has 1 aliphatic rings. The number of carboxylic acids is 1. The maximum Gasteiger partial charge on any atom is 0.407 e. The quantitative estimate of drug-likeness (QED) is 0.554. The van der Waals surface area contributed by atoms with Gasteiger partial charge in [-0.05, 0) is 63.3 Å². The third kappa shape index (κ3) is 5.24. The molecule has 1 aliphatic carbocycles. The summed E-state index contributed by atoms with van der Waals surface area (Å²) >= 11 is 0. The highest BCUT2D eigenvalue weighted by atomic mass is 16.5. The number of likely N-dealkylation sites (N-methyl/N-ethyl adjacent to an activating group) is 1. The molecule has 0 radical (unpaired) electrons. The minimum atomic E-state index is -1.30. The van der Waals surface area contributed by atoms with E-state index in [9.17, 15) is 19.5 Å². The number of aliphatic carboxylic acids is 1. The van der Waals surface area contributed by atoms with E-state index in [4.69, 9.17) is 4.74 Å². The van der Waals surface area contributed by atoms with E-state index in [1.807, 2.05) is 38.1 Å². The lowest BCUT2D eigenvalue weighted by Gasteiger charge is -2.35. The molecule has 0 spiro atoms. The van der Waals surface area contributed by atoms with Gasteiger partial charge < -0.3 is 20.1 Å². The Bertz CT molecular complexity index is 1030. The third-order valence-corrected chi connectivity index (χ3v) is 6.56. The average Bonchev–Trinajstić information content (AvgIpc) is 3.10. The molecule has 2 aromatic carbocycles. The molecule has 0 unspecified atom stereocenters. The van der Waals surface area contributed by atoms with Crippen LogP contribution in [0.5, 0.6) is 0 Å². The highest BCUT2D eigenvalue weighted by Crippen LogP contribution is 2.44. The summed E-state index contributed by atoms with van der Waals surface area (Å²) in [4.78, 5) is 38.2. The van der Waals surface area contributed by atoms with Gasteiger partial charge in [0, 0.05) is 24.4 Å². The Morgan fingerprint density at radius 1 is 0.971 bits per heavy atom. The van der Waals surface area contributed by atoms with E-state index in [0.29, 0.717) is 13.0 Å². The summed E-state index contributed by atoms with van der Waals surface area (Å²) in [7, 11) is 0. The van der Waals surface area contributed by atoms with Gasteiger partial charge in [0.1, 0.15) is 12.1 Å². The van der Waals surface area contributed by atoms with Crippen molar-refractivity contribution in [2.45, 2.75) is 64.5 Å². The van der Waals surface area contributed by atoms with Crippen LogP contribution in [0.4, 0.5) is 4.79 Å². The summed E-state index contributed by atoms with van der Waals surface area (Å²) in [5.41, 5.74) is 2.61. The fraction of sp³-hybridized carbons (Fsp3) is 0.444. The van der Waals surface area contributed by atoms with Crippen LogP contribution in [0.1, 0.15) is 64.5 Å². The molecular weight excluding hydrogens is 432 g/mol. The standard InChI is InChI=1S/C27H34N2O5/c1-6-29(27(4,5)24(31)32)23(30)15-16-26(2,3)28-25(33)34-17-22-20-13-9-7-11-18(20)19-12-8-10-14-21(19)22/h7-14,22H,6,15-17H2,1-5H3,(H,28,33)(H,31,32). The van der Waals surface area contributed by atoms with Crippen LogP contribution in [0.15, 0.2) is 48.5 Å². The first kappa shape index (κ1) is 25.3. The number of hydrogen-bond acceptors (Lipinski definition) is 4. The molecule has 0 bridgehead atoms. The summed E-state index contributed by atoms with van der Waals surface area (Å²) < 4.78 is 5.61. The van der Waals surface area contributed by atoms with E-state index in [-0.39, 0.29) is 24.9 Å². The zero-order chi connectivity index (χ0) is 25.1. The van der Waals surface area contributed by atoms with Gasteiger partial charge in [-0.2, -0.15) is 0 Å². The average molecular weight is 467 g/mol. The molecule has 0 saturated heterocycles. The number of ether oxygens (including phenoxy) is 1. The van der Waals surface area contributed by atoms with Crippen molar-refractivity contribution in [1.29, 1.82) is 0 Å². The highest BCUT2D eigenvalue weighted by Gasteiger charge is 2.37. The van der Waals surface area contributed by atoms with Gasteiger partial charge in [0.25, 0.3) is 0 Å². The van der Waals surface area contributed by atoms with Crippen LogP contribution in [0.2, 0.25) is 0 Å². The van der Waals surface area contributed by atoms with Crippen molar-refractivity contribution in [1.82, 2.24) is 10.2 Å². The fourth-order valence-electron chi connectivity index (χ4n) is 4.53. The summed E-state index contributed by atoms with van der Waals surface area (Å²) in [6, 6.07) is 16.3. The Labute approximate surface area is 201 Å². The molecule has 0 atom stereocenters. The lowest BCUT2D eigenvalue weighted by molar-refractivity contribution is -0.156. The number of carbonyl (C=O) groups excluding carboxylic acids is 2. The second kappa shape index (κ2) is 9.87. The Morgan fingerprint density at radius 3 is 2.00 bits per heavy atom. The summed E-state index contributed by atoms with van der Waals surface area (Å²) in [5, 5.41) is 12.3. The summed E-state index contributed by atoms with van der Waals surface area (Å²) in [5.74, 6) is -1.35. The predicted octanol–water partition coefficient (Wildman–Crippen LogP) is 4.80. The number of nitrogens with one attached hydrogen (secondary N) is 1. The van der Waals surface area contributed by atoms with Crippen LogP contribution in [0.25, 0.3) is 11.1 Å². The number of carboxylic acid groups (broad SMARTS) is 1. The molecule has 0 heterocycles. The smallest absolute Gasteiger partial charge is 0.407 e. The minimum Gasteiger partial charge on any atom is -0.480 e. The van der Waals surface area contributed by atoms with Gasteiger partial charge in [0.2, 0.25) is 5.91 Å². The molecular formula is C27H34N2O5. The predicted molar refractivity (Wildman–Crippen MR) is 131 cm³/mol. The normalized spacial score (nSPS) is 13.1. The van der Waals surface area contributed by atoms with Crippen molar-refractivity contribution in [3.05, 3.63) is 59.7 Å². The van der Waals surface area contributed by atoms with Gasteiger partial charge in [-0.25, -0.2) is 9.59 Å².